The van der Waals surface area contributed by atoms with Gasteiger partial charge in [0.05, 0.1) is 0 Å². The van der Waals surface area contributed by atoms with Crippen LogP contribution in [0.25, 0.3) is 0 Å². The zero-order chi connectivity index (χ0) is 12.3. The third-order valence-corrected chi connectivity index (χ3v) is 2.68. The Bertz CT molecular complexity index is 532. The van der Waals surface area contributed by atoms with E-state index in [1.807, 2.05) is 0 Å². The fraction of sp³-hybridized carbons (Fsp3) is 0.0714. The maximum Gasteiger partial charge on any atom is 0.167 e. The SMILES string of the molecule is O=C(Cc1ccc(O)cc1)c1cccc(Cl)c1. The zero-order valence-electron chi connectivity index (χ0n) is 9.06. The van der Waals surface area contributed by atoms with E-state index in [2.05, 4.69) is 0 Å². The van der Waals surface area contributed by atoms with Crippen molar-refractivity contribution in [3.8, 4) is 5.75 Å². The summed E-state index contributed by atoms with van der Waals surface area (Å²) in [5.74, 6) is 0.210. The summed E-state index contributed by atoms with van der Waals surface area (Å²) in [5, 5.41) is 9.70. The predicted octanol–water partition coefficient (Wildman–Crippen LogP) is 3.47. The summed E-state index contributed by atoms with van der Waals surface area (Å²) in [6.45, 7) is 0. The van der Waals surface area contributed by atoms with Gasteiger partial charge in [-0.3, -0.25) is 4.79 Å². The molecule has 0 aromatic heterocycles. The van der Waals surface area contributed by atoms with Crippen molar-refractivity contribution in [3.05, 3.63) is 64.7 Å². The Morgan fingerprint density at radius 3 is 2.47 bits per heavy atom. The molecule has 86 valence electrons. The second-order valence-corrected chi connectivity index (χ2v) is 4.21. The minimum absolute atomic E-state index is 0.0122. The number of phenolic OH excluding ortho intramolecular Hbond substituents is 1. The average molecular weight is 247 g/mol. The molecular formula is C14H11ClO2. The average Bonchev–Trinajstić information content (AvgIpc) is 2.32. The summed E-state index contributed by atoms with van der Waals surface area (Å²) in [5.41, 5.74) is 1.47. The smallest absolute Gasteiger partial charge is 0.167 e. The van der Waals surface area contributed by atoms with Crippen LogP contribution in [-0.4, -0.2) is 10.9 Å². The molecular weight excluding hydrogens is 236 g/mol. The normalized spacial score (nSPS) is 10.2. The molecule has 2 rings (SSSR count). The molecule has 0 spiro atoms. The molecule has 0 heterocycles. The van der Waals surface area contributed by atoms with Crippen LogP contribution >= 0.6 is 11.6 Å². The monoisotopic (exact) mass is 246 g/mol. The van der Waals surface area contributed by atoms with Crippen molar-refractivity contribution in [3.63, 3.8) is 0 Å². The Morgan fingerprint density at radius 2 is 1.82 bits per heavy atom. The molecule has 2 nitrogen and oxygen atoms in total. The van der Waals surface area contributed by atoms with Crippen molar-refractivity contribution in [2.24, 2.45) is 0 Å². The van der Waals surface area contributed by atoms with Gasteiger partial charge >= 0.3 is 0 Å². The molecule has 0 atom stereocenters. The largest absolute Gasteiger partial charge is 0.508 e. The van der Waals surface area contributed by atoms with Crippen molar-refractivity contribution in [2.75, 3.05) is 0 Å². The Balaban J connectivity index is 2.14. The molecule has 17 heavy (non-hydrogen) atoms. The Morgan fingerprint density at radius 1 is 1.12 bits per heavy atom. The summed E-state index contributed by atoms with van der Waals surface area (Å²) >= 11 is 5.83. The van der Waals surface area contributed by atoms with Gasteiger partial charge in [0.2, 0.25) is 0 Å². The molecule has 0 aliphatic heterocycles. The lowest BCUT2D eigenvalue weighted by molar-refractivity contribution is 0.0993. The van der Waals surface area contributed by atoms with E-state index in [9.17, 15) is 4.79 Å². The topological polar surface area (TPSA) is 37.3 Å². The van der Waals surface area contributed by atoms with Gasteiger partial charge in [-0.2, -0.15) is 0 Å². The lowest BCUT2D eigenvalue weighted by Gasteiger charge is -2.02. The van der Waals surface area contributed by atoms with Crippen LogP contribution in [-0.2, 0) is 6.42 Å². The van der Waals surface area contributed by atoms with E-state index in [-0.39, 0.29) is 11.5 Å². The van der Waals surface area contributed by atoms with Crippen LogP contribution in [0.4, 0.5) is 0 Å². The van der Waals surface area contributed by atoms with Crippen molar-refractivity contribution < 1.29 is 9.90 Å². The quantitative estimate of drug-likeness (QED) is 0.842. The maximum absolute atomic E-state index is 11.9. The molecule has 3 heteroatoms. The van der Waals surface area contributed by atoms with Crippen LogP contribution in [0.1, 0.15) is 15.9 Å². The molecule has 0 saturated heterocycles. The molecule has 0 amide bonds. The Hall–Kier alpha value is -1.80. The number of halogens is 1. The summed E-state index contributed by atoms with van der Waals surface area (Å²) in [6.07, 6.45) is 0.306. The number of rotatable bonds is 3. The van der Waals surface area contributed by atoms with E-state index < -0.39 is 0 Å². The van der Waals surface area contributed by atoms with E-state index in [1.165, 1.54) is 0 Å². The third kappa shape index (κ3) is 3.08. The van der Waals surface area contributed by atoms with Gasteiger partial charge in [0, 0.05) is 17.0 Å². The van der Waals surface area contributed by atoms with Gasteiger partial charge in [0.15, 0.2) is 5.78 Å². The molecule has 0 saturated carbocycles. The number of hydrogen-bond acceptors (Lipinski definition) is 2. The fourth-order valence-corrected chi connectivity index (χ4v) is 1.75. The van der Waals surface area contributed by atoms with E-state index in [4.69, 9.17) is 16.7 Å². The Labute approximate surface area is 104 Å². The van der Waals surface area contributed by atoms with Crippen LogP contribution in [0, 0.1) is 0 Å². The van der Waals surface area contributed by atoms with E-state index in [1.54, 1.807) is 48.5 Å². The Kier molecular flexibility index (Phi) is 3.45. The van der Waals surface area contributed by atoms with Gasteiger partial charge in [0.25, 0.3) is 0 Å². The molecule has 1 N–H and O–H groups in total. The van der Waals surface area contributed by atoms with E-state index >= 15 is 0 Å². The number of carbonyl (C=O) groups is 1. The molecule has 2 aromatic rings. The van der Waals surface area contributed by atoms with Crippen LogP contribution in [0.15, 0.2) is 48.5 Å². The lowest BCUT2D eigenvalue weighted by Crippen LogP contribution is -2.03. The first-order valence-corrected chi connectivity index (χ1v) is 5.59. The number of aromatic hydroxyl groups is 1. The highest BCUT2D eigenvalue weighted by Gasteiger charge is 2.07. The zero-order valence-corrected chi connectivity index (χ0v) is 9.82. The first-order valence-electron chi connectivity index (χ1n) is 5.22. The van der Waals surface area contributed by atoms with Crippen molar-refractivity contribution in [1.82, 2.24) is 0 Å². The first kappa shape index (κ1) is 11.7. The van der Waals surface area contributed by atoms with Gasteiger partial charge in [-0.15, -0.1) is 0 Å². The number of phenols is 1. The van der Waals surface area contributed by atoms with Gasteiger partial charge in [-0.05, 0) is 29.8 Å². The standard InChI is InChI=1S/C14H11ClO2/c15-12-3-1-2-11(9-12)14(17)8-10-4-6-13(16)7-5-10/h1-7,9,16H,8H2. The summed E-state index contributed by atoms with van der Waals surface area (Å²) in [7, 11) is 0. The van der Waals surface area contributed by atoms with Crippen LogP contribution in [0.3, 0.4) is 0 Å². The minimum Gasteiger partial charge on any atom is -0.508 e. The summed E-state index contributed by atoms with van der Waals surface area (Å²) in [6, 6.07) is 13.5. The number of hydrogen-bond donors (Lipinski definition) is 1. The molecule has 0 unspecified atom stereocenters. The van der Waals surface area contributed by atoms with E-state index in [0.29, 0.717) is 17.0 Å². The third-order valence-electron chi connectivity index (χ3n) is 2.45. The highest BCUT2D eigenvalue weighted by atomic mass is 35.5. The second-order valence-electron chi connectivity index (χ2n) is 3.78. The number of ketones is 1. The van der Waals surface area contributed by atoms with Crippen molar-refractivity contribution in [2.45, 2.75) is 6.42 Å². The van der Waals surface area contributed by atoms with Gasteiger partial charge in [-0.25, -0.2) is 0 Å². The highest BCUT2D eigenvalue weighted by Crippen LogP contribution is 2.15. The second kappa shape index (κ2) is 5.02. The number of Topliss-reactive ketones (excluding diaryl/α,β-unsaturated/α-hetero) is 1. The molecule has 0 radical (unpaired) electrons. The van der Waals surface area contributed by atoms with Crippen LogP contribution in [0.5, 0.6) is 5.75 Å². The number of carbonyl (C=O) groups excluding carboxylic acids is 1. The van der Waals surface area contributed by atoms with Gasteiger partial charge in [0.1, 0.15) is 5.75 Å². The van der Waals surface area contributed by atoms with Crippen molar-refractivity contribution in [1.29, 1.82) is 0 Å². The molecule has 2 aromatic carbocycles. The minimum atomic E-state index is 0.0122. The van der Waals surface area contributed by atoms with Crippen molar-refractivity contribution >= 4 is 17.4 Å². The van der Waals surface area contributed by atoms with Crippen LogP contribution < -0.4 is 0 Å². The van der Waals surface area contributed by atoms with Gasteiger partial charge < -0.3 is 5.11 Å². The number of benzene rings is 2. The molecule has 0 bridgehead atoms. The fourth-order valence-electron chi connectivity index (χ4n) is 1.56. The first-order chi connectivity index (χ1) is 8.15. The van der Waals surface area contributed by atoms with Crippen LogP contribution in [0.2, 0.25) is 5.02 Å². The predicted molar refractivity (Wildman–Crippen MR) is 67.6 cm³/mol. The maximum atomic E-state index is 11.9. The molecule has 0 aliphatic carbocycles. The molecule has 0 fully saturated rings. The highest BCUT2D eigenvalue weighted by molar-refractivity contribution is 6.31. The van der Waals surface area contributed by atoms with Gasteiger partial charge in [-0.1, -0.05) is 35.9 Å². The summed E-state index contributed by atoms with van der Waals surface area (Å²) in [4.78, 5) is 11.9. The lowest BCUT2D eigenvalue weighted by atomic mass is 10.0. The summed E-state index contributed by atoms with van der Waals surface area (Å²) < 4.78 is 0. The molecule has 0 aliphatic rings. The van der Waals surface area contributed by atoms with E-state index in [0.717, 1.165) is 5.56 Å².